The molecule has 6 N–H and O–H groups in total. The monoisotopic (exact) mass is 161 g/mol. The normalized spacial score (nSPS) is 12.5. The van der Waals surface area contributed by atoms with Crippen molar-refractivity contribution in [1.82, 2.24) is 5.43 Å². The van der Waals surface area contributed by atoms with Crippen LogP contribution in [0.2, 0.25) is 0 Å². The van der Waals surface area contributed by atoms with Crippen LogP contribution in [-0.2, 0) is 9.59 Å². The summed E-state index contributed by atoms with van der Waals surface area (Å²) >= 11 is 0. The number of aliphatic carboxylic acids is 1. The molecule has 0 aromatic rings. The van der Waals surface area contributed by atoms with Crippen LogP contribution in [0.4, 0.5) is 0 Å². The molecule has 0 unspecified atom stereocenters. The molecular weight excluding hydrogens is 150 g/mol. The molecule has 0 saturated carbocycles. The van der Waals surface area contributed by atoms with Crippen LogP contribution in [0.1, 0.15) is 12.8 Å². The van der Waals surface area contributed by atoms with Gasteiger partial charge in [-0.15, -0.1) is 0 Å². The number of amides is 1. The molecule has 6 nitrogen and oxygen atoms in total. The number of carboxylic acids is 1. The largest absolute Gasteiger partial charge is 0.481 e. The molecule has 0 fully saturated rings. The van der Waals surface area contributed by atoms with Gasteiger partial charge in [-0.1, -0.05) is 0 Å². The standard InChI is InChI=1S/C5H11N3O3/c6-5(11)3(8-7)1-2-4(9)10/h3,8H,1-2,7H2,(H2,6,11)(H,9,10)/t3-/m0/s1. The smallest absolute Gasteiger partial charge is 0.303 e. The Bertz CT molecular complexity index is 159. The van der Waals surface area contributed by atoms with E-state index in [-0.39, 0.29) is 12.8 Å². The molecule has 0 aliphatic heterocycles. The number of hydrogen-bond donors (Lipinski definition) is 4. The molecule has 0 aliphatic carbocycles. The zero-order chi connectivity index (χ0) is 8.85. The highest BCUT2D eigenvalue weighted by atomic mass is 16.4. The van der Waals surface area contributed by atoms with Gasteiger partial charge < -0.3 is 10.8 Å². The number of primary amides is 1. The van der Waals surface area contributed by atoms with Gasteiger partial charge in [0.15, 0.2) is 0 Å². The predicted octanol–water partition coefficient (Wildman–Crippen LogP) is -1.83. The Labute approximate surface area is 63.5 Å². The number of hydrogen-bond acceptors (Lipinski definition) is 4. The summed E-state index contributed by atoms with van der Waals surface area (Å²) in [7, 11) is 0. The number of rotatable bonds is 5. The van der Waals surface area contributed by atoms with E-state index in [0.29, 0.717) is 0 Å². The van der Waals surface area contributed by atoms with Crippen molar-refractivity contribution in [3.63, 3.8) is 0 Å². The van der Waals surface area contributed by atoms with Crippen LogP contribution in [0.25, 0.3) is 0 Å². The van der Waals surface area contributed by atoms with Crippen LogP contribution < -0.4 is 17.0 Å². The van der Waals surface area contributed by atoms with Gasteiger partial charge in [-0.2, -0.15) is 0 Å². The van der Waals surface area contributed by atoms with Crippen molar-refractivity contribution >= 4 is 11.9 Å². The Morgan fingerprint density at radius 2 is 2.09 bits per heavy atom. The van der Waals surface area contributed by atoms with E-state index in [9.17, 15) is 9.59 Å². The van der Waals surface area contributed by atoms with Crippen molar-refractivity contribution < 1.29 is 14.7 Å². The molecule has 64 valence electrons. The second-order valence-corrected chi connectivity index (χ2v) is 2.05. The maximum Gasteiger partial charge on any atom is 0.303 e. The van der Waals surface area contributed by atoms with E-state index in [4.69, 9.17) is 16.7 Å². The molecule has 0 rings (SSSR count). The fourth-order valence-corrected chi connectivity index (χ4v) is 0.576. The molecule has 1 atom stereocenters. The Kier molecular flexibility index (Phi) is 4.16. The third kappa shape index (κ3) is 4.29. The first kappa shape index (κ1) is 9.86. The molecule has 0 radical (unpaired) electrons. The molecule has 0 aromatic heterocycles. The van der Waals surface area contributed by atoms with Crippen molar-refractivity contribution in [2.75, 3.05) is 0 Å². The minimum Gasteiger partial charge on any atom is -0.481 e. The van der Waals surface area contributed by atoms with Gasteiger partial charge in [-0.25, -0.2) is 5.43 Å². The second-order valence-electron chi connectivity index (χ2n) is 2.05. The predicted molar refractivity (Wildman–Crippen MR) is 37.2 cm³/mol. The third-order valence-corrected chi connectivity index (χ3v) is 1.19. The van der Waals surface area contributed by atoms with Crippen LogP contribution >= 0.6 is 0 Å². The number of nitrogens with one attached hydrogen (secondary N) is 1. The summed E-state index contributed by atoms with van der Waals surface area (Å²) in [6, 6.07) is -0.758. The summed E-state index contributed by atoms with van der Waals surface area (Å²) in [5, 5.41) is 8.22. The number of carbonyl (C=O) groups excluding carboxylic acids is 1. The van der Waals surface area contributed by atoms with Crippen molar-refractivity contribution in [2.24, 2.45) is 11.6 Å². The van der Waals surface area contributed by atoms with Gasteiger partial charge >= 0.3 is 5.97 Å². The van der Waals surface area contributed by atoms with Gasteiger partial charge in [0.2, 0.25) is 5.91 Å². The Morgan fingerprint density at radius 1 is 1.55 bits per heavy atom. The van der Waals surface area contributed by atoms with Gasteiger partial charge in [-0.05, 0) is 6.42 Å². The molecule has 11 heavy (non-hydrogen) atoms. The molecule has 0 heterocycles. The lowest BCUT2D eigenvalue weighted by molar-refractivity contribution is -0.137. The van der Waals surface area contributed by atoms with E-state index in [2.05, 4.69) is 5.43 Å². The molecule has 0 aromatic carbocycles. The molecule has 0 aliphatic rings. The molecule has 0 saturated heterocycles. The van der Waals surface area contributed by atoms with E-state index in [1.165, 1.54) is 0 Å². The van der Waals surface area contributed by atoms with E-state index >= 15 is 0 Å². The minimum absolute atomic E-state index is 0.112. The highest BCUT2D eigenvalue weighted by molar-refractivity contribution is 5.80. The molecular formula is C5H11N3O3. The Balaban J connectivity index is 3.70. The maximum atomic E-state index is 10.4. The van der Waals surface area contributed by atoms with E-state index in [1.807, 2.05) is 0 Å². The fourth-order valence-electron chi connectivity index (χ4n) is 0.576. The van der Waals surface area contributed by atoms with Gasteiger partial charge in [-0.3, -0.25) is 15.4 Å². The van der Waals surface area contributed by atoms with Crippen LogP contribution in [0.3, 0.4) is 0 Å². The van der Waals surface area contributed by atoms with Crippen molar-refractivity contribution in [3.05, 3.63) is 0 Å². The van der Waals surface area contributed by atoms with Crippen molar-refractivity contribution in [3.8, 4) is 0 Å². The first-order valence-electron chi connectivity index (χ1n) is 3.05. The van der Waals surface area contributed by atoms with Crippen LogP contribution in [-0.4, -0.2) is 23.0 Å². The van der Waals surface area contributed by atoms with Crippen LogP contribution in [0.15, 0.2) is 0 Å². The molecule has 0 bridgehead atoms. The lowest BCUT2D eigenvalue weighted by Crippen LogP contribution is -2.45. The number of carbonyl (C=O) groups is 2. The van der Waals surface area contributed by atoms with Gasteiger partial charge in [0.1, 0.15) is 6.04 Å². The lowest BCUT2D eigenvalue weighted by Gasteiger charge is -2.08. The summed E-state index contributed by atoms with van der Waals surface area (Å²) < 4.78 is 0. The zero-order valence-corrected chi connectivity index (χ0v) is 5.91. The average Bonchev–Trinajstić information content (AvgIpc) is 1.87. The molecule has 1 amide bonds. The Hall–Kier alpha value is -1.14. The quantitative estimate of drug-likeness (QED) is 0.279. The number of nitrogens with two attached hydrogens (primary N) is 2. The first-order chi connectivity index (χ1) is 5.07. The third-order valence-electron chi connectivity index (χ3n) is 1.19. The van der Waals surface area contributed by atoms with E-state index in [0.717, 1.165) is 0 Å². The van der Waals surface area contributed by atoms with Gasteiger partial charge in [0.25, 0.3) is 0 Å². The molecule has 0 spiro atoms. The van der Waals surface area contributed by atoms with Crippen molar-refractivity contribution in [1.29, 1.82) is 0 Å². The maximum absolute atomic E-state index is 10.4. The number of hydrazine groups is 1. The second kappa shape index (κ2) is 4.64. The zero-order valence-electron chi connectivity index (χ0n) is 5.91. The van der Waals surface area contributed by atoms with Crippen LogP contribution in [0.5, 0.6) is 0 Å². The summed E-state index contributed by atoms with van der Waals surface area (Å²) in [5.74, 6) is 3.29. The average molecular weight is 161 g/mol. The van der Waals surface area contributed by atoms with Crippen molar-refractivity contribution in [2.45, 2.75) is 18.9 Å². The highest BCUT2D eigenvalue weighted by Gasteiger charge is 2.13. The molecule has 6 heteroatoms. The Morgan fingerprint density at radius 3 is 2.36 bits per heavy atom. The lowest BCUT2D eigenvalue weighted by atomic mass is 10.1. The minimum atomic E-state index is -0.980. The summed E-state index contributed by atoms with van der Waals surface area (Å²) in [6.45, 7) is 0. The van der Waals surface area contributed by atoms with E-state index in [1.54, 1.807) is 0 Å². The van der Waals surface area contributed by atoms with E-state index < -0.39 is 17.9 Å². The summed E-state index contributed by atoms with van der Waals surface area (Å²) in [4.78, 5) is 20.5. The summed E-state index contributed by atoms with van der Waals surface area (Å²) in [6.07, 6.45) is -0.0149. The van der Waals surface area contributed by atoms with Gasteiger partial charge in [0.05, 0.1) is 0 Å². The topological polar surface area (TPSA) is 118 Å². The highest BCUT2D eigenvalue weighted by Crippen LogP contribution is 1.94. The van der Waals surface area contributed by atoms with Crippen LogP contribution in [0, 0.1) is 0 Å². The fraction of sp³-hybridized carbons (Fsp3) is 0.600. The van der Waals surface area contributed by atoms with Gasteiger partial charge in [0, 0.05) is 6.42 Å². The summed E-state index contributed by atoms with van der Waals surface area (Å²) in [5.41, 5.74) is 6.98. The number of carboxylic acid groups (broad SMARTS) is 1. The first-order valence-corrected chi connectivity index (χ1v) is 3.05. The SMILES string of the molecule is NN[C@@H](CCC(=O)O)C(N)=O.